The number of carbonyl (C=O) groups excluding carboxylic acids is 3. The van der Waals surface area contributed by atoms with Crippen molar-refractivity contribution in [1.29, 1.82) is 0 Å². The van der Waals surface area contributed by atoms with Gasteiger partial charge in [-0.15, -0.1) is 0 Å². The van der Waals surface area contributed by atoms with Gasteiger partial charge in [0.2, 0.25) is 5.91 Å². The normalized spacial score (nSPS) is 22.1. The summed E-state index contributed by atoms with van der Waals surface area (Å²) in [4.78, 5) is 37.5. The average Bonchev–Trinajstić information content (AvgIpc) is 2.63. The Balaban J connectivity index is 1.97. The van der Waals surface area contributed by atoms with Crippen LogP contribution in [-0.2, 0) is 4.79 Å². The van der Waals surface area contributed by atoms with Gasteiger partial charge in [-0.25, -0.2) is 0 Å². The van der Waals surface area contributed by atoms with Crippen LogP contribution in [-0.4, -0.2) is 33.7 Å². The smallest absolute Gasteiger partial charge is 0.262 e. The zero-order valence-electron chi connectivity index (χ0n) is 10.8. The number of nitrogens with zero attached hydrogens (tertiary/aromatic N) is 1. The van der Waals surface area contributed by atoms with Crippen LogP contribution in [0, 0.1) is 6.92 Å². The molecule has 1 saturated heterocycles. The minimum Gasteiger partial charge on any atom is -0.319 e. The zero-order valence-corrected chi connectivity index (χ0v) is 11.6. The molecule has 1 aromatic carbocycles. The lowest BCUT2D eigenvalue weighted by Gasteiger charge is -2.30. The molecule has 5 nitrogen and oxygen atoms in total. The lowest BCUT2D eigenvalue weighted by Crippen LogP contribution is -2.53. The number of imide groups is 1. The molecule has 0 saturated carbocycles. The number of nitrogens with one attached hydrogen (secondary N) is 1. The van der Waals surface area contributed by atoms with Crippen LogP contribution in [0.1, 0.15) is 39.1 Å². The average molecular weight is 288 g/mol. The second-order valence-corrected chi connectivity index (χ2v) is 5.44. The van der Waals surface area contributed by atoms with Gasteiger partial charge in [0.25, 0.3) is 11.8 Å². The number of benzene rings is 1. The number of amides is 3. The minimum absolute atomic E-state index is 0.168. The molecule has 0 bridgehead atoms. The first-order valence-electron chi connectivity index (χ1n) is 6.31. The molecule has 0 radical (unpaired) electrons. The molecule has 2 aliphatic heterocycles. The van der Waals surface area contributed by atoms with Gasteiger partial charge in [0.1, 0.15) is 4.99 Å². The van der Waals surface area contributed by atoms with E-state index in [0.717, 1.165) is 5.56 Å². The SMILES string of the molecule is Cc1ccc2c(c1)C(=O)N(C1CCC(=O)NC1=S)C2=O. The van der Waals surface area contributed by atoms with E-state index in [1.54, 1.807) is 18.2 Å². The summed E-state index contributed by atoms with van der Waals surface area (Å²) in [5.74, 6) is -0.843. The fourth-order valence-electron chi connectivity index (χ4n) is 2.58. The molecule has 1 atom stereocenters. The number of thiocarbonyl (C=S) groups is 1. The summed E-state index contributed by atoms with van der Waals surface area (Å²) < 4.78 is 0. The van der Waals surface area contributed by atoms with E-state index < -0.39 is 6.04 Å². The highest BCUT2D eigenvalue weighted by atomic mass is 32.1. The number of hydrogen-bond donors (Lipinski definition) is 1. The Morgan fingerprint density at radius 3 is 2.60 bits per heavy atom. The quantitative estimate of drug-likeness (QED) is 0.623. The summed E-state index contributed by atoms with van der Waals surface area (Å²) in [5.41, 5.74) is 1.74. The van der Waals surface area contributed by atoms with Crippen molar-refractivity contribution in [2.45, 2.75) is 25.8 Å². The van der Waals surface area contributed by atoms with Gasteiger partial charge in [-0.1, -0.05) is 23.8 Å². The number of carbonyl (C=O) groups is 3. The van der Waals surface area contributed by atoms with Crippen molar-refractivity contribution < 1.29 is 14.4 Å². The Labute approximate surface area is 120 Å². The lowest BCUT2D eigenvalue weighted by molar-refractivity contribution is -0.120. The topological polar surface area (TPSA) is 66.5 Å². The van der Waals surface area contributed by atoms with Crippen LogP contribution in [0.25, 0.3) is 0 Å². The monoisotopic (exact) mass is 288 g/mol. The molecule has 1 unspecified atom stereocenters. The number of hydrogen-bond acceptors (Lipinski definition) is 4. The van der Waals surface area contributed by atoms with E-state index in [2.05, 4.69) is 5.32 Å². The standard InChI is InChI=1S/C14H12N2O3S/c1-7-2-3-8-9(6-7)14(19)16(13(8)18)10-4-5-11(17)15-12(10)20/h2-3,6,10H,4-5H2,1H3,(H,15,17,20). The second-order valence-electron chi connectivity index (χ2n) is 5.00. The summed E-state index contributed by atoms with van der Waals surface area (Å²) in [7, 11) is 0. The Hall–Kier alpha value is -2.08. The molecule has 102 valence electrons. The van der Waals surface area contributed by atoms with Crippen LogP contribution < -0.4 is 5.32 Å². The van der Waals surface area contributed by atoms with Crippen molar-refractivity contribution in [3.05, 3.63) is 34.9 Å². The maximum atomic E-state index is 12.4. The Morgan fingerprint density at radius 1 is 1.20 bits per heavy atom. The Kier molecular flexibility index (Phi) is 2.90. The van der Waals surface area contributed by atoms with Crippen molar-refractivity contribution >= 4 is 34.9 Å². The first-order chi connectivity index (χ1) is 9.49. The maximum absolute atomic E-state index is 12.4. The van der Waals surface area contributed by atoms with Crippen LogP contribution >= 0.6 is 12.2 Å². The molecular weight excluding hydrogens is 276 g/mol. The number of piperidine rings is 1. The molecule has 0 aliphatic carbocycles. The third kappa shape index (κ3) is 1.84. The van der Waals surface area contributed by atoms with Crippen LogP contribution in [0.3, 0.4) is 0 Å². The van der Waals surface area contributed by atoms with Crippen molar-refractivity contribution in [2.24, 2.45) is 0 Å². The molecule has 3 amide bonds. The van der Waals surface area contributed by atoms with Gasteiger partial charge in [0.05, 0.1) is 17.2 Å². The van der Waals surface area contributed by atoms with Crippen LogP contribution in [0.4, 0.5) is 0 Å². The fourth-order valence-corrected chi connectivity index (χ4v) is 2.92. The van der Waals surface area contributed by atoms with E-state index in [1.165, 1.54) is 4.90 Å². The lowest BCUT2D eigenvalue weighted by atomic mass is 10.1. The van der Waals surface area contributed by atoms with Crippen molar-refractivity contribution in [3.63, 3.8) is 0 Å². The molecule has 1 aromatic rings. The summed E-state index contributed by atoms with van der Waals surface area (Å²) in [6.07, 6.45) is 0.645. The highest BCUT2D eigenvalue weighted by molar-refractivity contribution is 7.80. The van der Waals surface area contributed by atoms with Crippen molar-refractivity contribution in [3.8, 4) is 0 Å². The van der Waals surface area contributed by atoms with E-state index in [9.17, 15) is 14.4 Å². The van der Waals surface area contributed by atoms with Crippen LogP contribution in [0.5, 0.6) is 0 Å². The molecule has 1 fully saturated rings. The largest absolute Gasteiger partial charge is 0.319 e. The highest BCUT2D eigenvalue weighted by Gasteiger charge is 2.42. The van der Waals surface area contributed by atoms with Gasteiger partial charge < -0.3 is 5.32 Å². The van der Waals surface area contributed by atoms with Gasteiger partial charge in [-0.3, -0.25) is 19.3 Å². The predicted molar refractivity (Wildman–Crippen MR) is 75.4 cm³/mol. The van der Waals surface area contributed by atoms with E-state index >= 15 is 0 Å². The number of fused-ring (bicyclic) bond motifs is 1. The summed E-state index contributed by atoms with van der Waals surface area (Å²) in [6.45, 7) is 1.87. The van der Waals surface area contributed by atoms with Gasteiger partial charge in [-0.2, -0.15) is 0 Å². The number of rotatable bonds is 1. The molecule has 20 heavy (non-hydrogen) atoms. The first kappa shape index (κ1) is 12.9. The van der Waals surface area contributed by atoms with E-state index in [-0.39, 0.29) is 29.1 Å². The van der Waals surface area contributed by atoms with E-state index in [0.29, 0.717) is 17.5 Å². The summed E-state index contributed by atoms with van der Waals surface area (Å²) in [6, 6.07) is 4.64. The molecule has 0 aromatic heterocycles. The molecule has 6 heteroatoms. The summed E-state index contributed by atoms with van der Waals surface area (Å²) in [5, 5.41) is 2.53. The van der Waals surface area contributed by atoms with Crippen LogP contribution in [0.15, 0.2) is 18.2 Å². The Bertz CT molecular complexity index is 668. The highest BCUT2D eigenvalue weighted by Crippen LogP contribution is 2.28. The summed E-state index contributed by atoms with van der Waals surface area (Å²) >= 11 is 5.11. The van der Waals surface area contributed by atoms with Gasteiger partial charge in [0, 0.05) is 6.42 Å². The fraction of sp³-hybridized carbons (Fsp3) is 0.286. The van der Waals surface area contributed by atoms with E-state index in [4.69, 9.17) is 12.2 Å². The molecule has 0 spiro atoms. The van der Waals surface area contributed by atoms with Gasteiger partial charge in [0.15, 0.2) is 0 Å². The Morgan fingerprint density at radius 2 is 1.90 bits per heavy atom. The molecular formula is C14H12N2O3S. The van der Waals surface area contributed by atoms with E-state index in [1.807, 2.05) is 6.92 Å². The molecule has 2 aliphatic rings. The predicted octanol–water partition coefficient (Wildman–Crippen LogP) is 1.20. The van der Waals surface area contributed by atoms with Crippen molar-refractivity contribution in [2.75, 3.05) is 0 Å². The first-order valence-corrected chi connectivity index (χ1v) is 6.72. The van der Waals surface area contributed by atoms with Gasteiger partial charge >= 0.3 is 0 Å². The third-order valence-corrected chi connectivity index (χ3v) is 3.97. The van der Waals surface area contributed by atoms with Crippen LogP contribution in [0.2, 0.25) is 0 Å². The van der Waals surface area contributed by atoms with Crippen molar-refractivity contribution in [1.82, 2.24) is 10.2 Å². The molecule has 3 rings (SSSR count). The number of aryl methyl sites for hydroxylation is 1. The maximum Gasteiger partial charge on any atom is 0.262 e. The zero-order chi connectivity index (χ0) is 14.4. The third-order valence-electron chi connectivity index (χ3n) is 3.60. The second kappa shape index (κ2) is 4.49. The minimum atomic E-state index is -0.532. The van der Waals surface area contributed by atoms with Gasteiger partial charge in [-0.05, 0) is 25.5 Å². The molecule has 1 N–H and O–H groups in total. The molecule has 2 heterocycles.